The minimum atomic E-state index is -0.0946. The molecule has 0 radical (unpaired) electrons. The van der Waals surface area contributed by atoms with Crippen molar-refractivity contribution in [3.8, 4) is 39.7 Å². The summed E-state index contributed by atoms with van der Waals surface area (Å²) in [5.41, 5.74) is 7.99. The highest BCUT2D eigenvalue weighted by molar-refractivity contribution is 7.13. The number of thiophene rings is 1. The van der Waals surface area contributed by atoms with Gasteiger partial charge in [0.2, 0.25) is 0 Å². The lowest BCUT2D eigenvalue weighted by atomic mass is 10.0. The SMILES string of the molecule is N#Cc1cc(C(=O)N2CCCNCC2)ccc1-c1cnc(N)c(-c2nnc(-c3cccs3)o2)n1.[HH].[HH]. The van der Waals surface area contributed by atoms with Crippen LogP contribution in [-0.2, 0) is 0 Å². The second-order valence-corrected chi connectivity index (χ2v) is 8.59. The van der Waals surface area contributed by atoms with E-state index in [4.69, 9.17) is 10.2 Å². The van der Waals surface area contributed by atoms with Gasteiger partial charge in [-0.1, -0.05) is 12.1 Å². The van der Waals surface area contributed by atoms with Crippen LogP contribution < -0.4 is 11.1 Å². The summed E-state index contributed by atoms with van der Waals surface area (Å²) in [7, 11) is 0. The first kappa shape index (κ1) is 21.7. The zero-order valence-electron chi connectivity index (χ0n) is 18.1. The summed E-state index contributed by atoms with van der Waals surface area (Å²) in [6, 6.07) is 10.9. The predicted octanol–water partition coefficient (Wildman–Crippen LogP) is 3.30. The van der Waals surface area contributed by atoms with Gasteiger partial charge in [0.15, 0.2) is 11.5 Å². The standard InChI is InChI=1S/C23H20N8O2S.2H2/c24-12-15-11-14(23(32)31-8-2-6-26-7-9-31)4-5-16(15)17-13-27-20(25)19(28-17)22-30-29-21(33-22)18-3-1-10-34-18;;/h1,3-5,10-11,13,26H,2,6-9H2,(H2,25,27);2*1H. The van der Waals surface area contributed by atoms with E-state index in [1.165, 1.54) is 17.5 Å². The Morgan fingerprint density at radius 1 is 1.24 bits per heavy atom. The van der Waals surface area contributed by atoms with E-state index in [0.29, 0.717) is 41.4 Å². The first-order valence-corrected chi connectivity index (χ1v) is 11.6. The molecular weight excluding hydrogens is 452 g/mol. The zero-order valence-corrected chi connectivity index (χ0v) is 18.9. The number of hydrogen-bond acceptors (Lipinski definition) is 10. The van der Waals surface area contributed by atoms with E-state index >= 15 is 0 Å². The number of nitrogens with one attached hydrogen (secondary N) is 1. The maximum absolute atomic E-state index is 13.0. The van der Waals surface area contributed by atoms with Gasteiger partial charge in [-0.3, -0.25) is 4.79 Å². The summed E-state index contributed by atoms with van der Waals surface area (Å²) in [6.07, 6.45) is 2.37. The van der Waals surface area contributed by atoms with Crippen LogP contribution in [0.15, 0.2) is 46.3 Å². The van der Waals surface area contributed by atoms with E-state index in [9.17, 15) is 10.1 Å². The number of aromatic nitrogens is 4. The molecule has 0 atom stereocenters. The Bertz CT molecular complexity index is 1380. The molecule has 4 aromatic rings. The summed E-state index contributed by atoms with van der Waals surface area (Å²) >= 11 is 1.47. The molecule has 0 saturated carbocycles. The topological polar surface area (TPSA) is 147 Å². The number of hydrogen-bond donors (Lipinski definition) is 2. The van der Waals surface area contributed by atoms with Crippen molar-refractivity contribution in [3.05, 3.63) is 53.0 Å². The highest BCUT2D eigenvalue weighted by Gasteiger charge is 2.21. The zero-order chi connectivity index (χ0) is 23.5. The molecule has 3 N–H and O–H groups in total. The molecule has 0 aliphatic carbocycles. The minimum absolute atomic E-state index is 0. The van der Waals surface area contributed by atoms with Gasteiger partial charge in [0.05, 0.1) is 28.4 Å². The normalized spacial score (nSPS) is 13.9. The first-order chi connectivity index (χ1) is 16.6. The van der Waals surface area contributed by atoms with Crippen LogP contribution in [0.25, 0.3) is 33.6 Å². The number of carbonyl (C=O) groups is 1. The first-order valence-electron chi connectivity index (χ1n) is 10.7. The van der Waals surface area contributed by atoms with E-state index in [2.05, 4.69) is 31.6 Å². The van der Waals surface area contributed by atoms with Crippen LogP contribution in [0.1, 0.15) is 25.2 Å². The molecule has 0 bridgehead atoms. The summed E-state index contributed by atoms with van der Waals surface area (Å²) in [5.74, 6) is 0.532. The van der Waals surface area contributed by atoms with Gasteiger partial charge in [-0.25, -0.2) is 9.97 Å². The third-order valence-electron chi connectivity index (χ3n) is 5.45. The van der Waals surface area contributed by atoms with Gasteiger partial charge in [0, 0.05) is 33.6 Å². The molecule has 1 aliphatic rings. The number of nitrogens with two attached hydrogens (primary N) is 1. The van der Waals surface area contributed by atoms with Crippen LogP contribution >= 0.6 is 11.3 Å². The van der Waals surface area contributed by atoms with Crippen molar-refractivity contribution in [2.45, 2.75) is 6.42 Å². The van der Waals surface area contributed by atoms with E-state index in [-0.39, 0.29) is 26.2 Å². The molecule has 0 spiro atoms. The van der Waals surface area contributed by atoms with Gasteiger partial charge in [-0.05, 0) is 36.5 Å². The molecular formula is C23H24N8O2S. The fraction of sp³-hybridized carbons (Fsp3) is 0.217. The van der Waals surface area contributed by atoms with E-state index in [0.717, 1.165) is 24.4 Å². The summed E-state index contributed by atoms with van der Waals surface area (Å²) in [4.78, 5) is 24.4. The van der Waals surface area contributed by atoms with Crippen molar-refractivity contribution in [2.24, 2.45) is 0 Å². The molecule has 5 rings (SSSR count). The van der Waals surface area contributed by atoms with Crippen LogP contribution in [0, 0.1) is 11.3 Å². The van der Waals surface area contributed by atoms with Crippen LogP contribution in [0.5, 0.6) is 0 Å². The molecule has 174 valence electrons. The molecule has 1 aromatic carbocycles. The third-order valence-corrected chi connectivity index (χ3v) is 6.31. The fourth-order valence-electron chi connectivity index (χ4n) is 3.73. The molecule has 11 heteroatoms. The summed E-state index contributed by atoms with van der Waals surface area (Å²) in [6.45, 7) is 2.95. The van der Waals surface area contributed by atoms with Gasteiger partial charge < -0.3 is 20.4 Å². The molecule has 3 aromatic heterocycles. The number of amides is 1. The van der Waals surface area contributed by atoms with E-state index in [1.807, 2.05) is 17.5 Å². The maximum atomic E-state index is 13.0. The second-order valence-electron chi connectivity index (χ2n) is 7.65. The number of anilines is 1. The van der Waals surface area contributed by atoms with Gasteiger partial charge >= 0.3 is 0 Å². The molecule has 1 saturated heterocycles. The lowest BCUT2D eigenvalue weighted by Crippen LogP contribution is -2.34. The Morgan fingerprint density at radius 2 is 2.12 bits per heavy atom. The molecule has 4 heterocycles. The lowest BCUT2D eigenvalue weighted by Gasteiger charge is -2.20. The number of nitriles is 1. The molecule has 1 amide bonds. The Hall–Kier alpha value is -4.14. The molecule has 10 nitrogen and oxygen atoms in total. The molecule has 1 aliphatic heterocycles. The van der Waals surface area contributed by atoms with Crippen LogP contribution in [0.3, 0.4) is 0 Å². The average Bonchev–Trinajstić information content (AvgIpc) is 3.50. The monoisotopic (exact) mass is 476 g/mol. The van der Waals surface area contributed by atoms with Gasteiger partial charge in [0.1, 0.15) is 0 Å². The molecule has 1 fully saturated rings. The number of nitrogen functional groups attached to an aromatic ring is 1. The smallest absolute Gasteiger partial charge is 0.270 e. The lowest BCUT2D eigenvalue weighted by molar-refractivity contribution is 0.0766. The minimum Gasteiger partial charge on any atom is -0.414 e. The highest BCUT2D eigenvalue weighted by Crippen LogP contribution is 2.30. The van der Waals surface area contributed by atoms with Crippen LogP contribution in [0.4, 0.5) is 5.82 Å². The van der Waals surface area contributed by atoms with Crippen molar-refractivity contribution in [2.75, 3.05) is 31.9 Å². The Kier molecular flexibility index (Phi) is 5.99. The Morgan fingerprint density at radius 3 is 2.94 bits per heavy atom. The van der Waals surface area contributed by atoms with Crippen LogP contribution in [0.2, 0.25) is 0 Å². The van der Waals surface area contributed by atoms with Gasteiger partial charge in [-0.2, -0.15) is 5.26 Å². The van der Waals surface area contributed by atoms with Crippen molar-refractivity contribution in [1.82, 2.24) is 30.4 Å². The van der Waals surface area contributed by atoms with Gasteiger partial charge in [-0.15, -0.1) is 21.5 Å². The van der Waals surface area contributed by atoms with Crippen molar-refractivity contribution in [3.63, 3.8) is 0 Å². The number of benzene rings is 1. The number of nitrogens with zero attached hydrogens (tertiary/aromatic N) is 6. The molecule has 0 unspecified atom stereocenters. The average molecular weight is 477 g/mol. The largest absolute Gasteiger partial charge is 0.414 e. The van der Waals surface area contributed by atoms with Crippen molar-refractivity contribution >= 4 is 23.1 Å². The Balaban J connectivity index is 0.00000180. The summed E-state index contributed by atoms with van der Waals surface area (Å²) in [5, 5.41) is 23.1. The van der Waals surface area contributed by atoms with Crippen molar-refractivity contribution < 1.29 is 12.1 Å². The second kappa shape index (κ2) is 9.38. The molecule has 34 heavy (non-hydrogen) atoms. The predicted molar refractivity (Wildman–Crippen MR) is 131 cm³/mol. The fourth-order valence-corrected chi connectivity index (χ4v) is 4.37. The maximum Gasteiger partial charge on any atom is 0.270 e. The van der Waals surface area contributed by atoms with Crippen LogP contribution in [-0.4, -0.2) is 57.2 Å². The third kappa shape index (κ3) is 4.24. The quantitative estimate of drug-likeness (QED) is 0.453. The summed E-state index contributed by atoms with van der Waals surface area (Å²) < 4.78 is 5.76. The highest BCUT2D eigenvalue weighted by atomic mass is 32.1. The number of rotatable bonds is 4. The Labute approximate surface area is 202 Å². The number of carbonyl (C=O) groups excluding carboxylic acids is 1. The van der Waals surface area contributed by atoms with E-state index < -0.39 is 0 Å². The van der Waals surface area contributed by atoms with Crippen molar-refractivity contribution in [1.29, 1.82) is 5.26 Å². The van der Waals surface area contributed by atoms with E-state index in [1.54, 1.807) is 23.1 Å². The van der Waals surface area contributed by atoms with Gasteiger partial charge in [0.25, 0.3) is 17.7 Å².